The summed E-state index contributed by atoms with van der Waals surface area (Å²) < 4.78 is 185. The van der Waals surface area contributed by atoms with E-state index in [2.05, 4.69) is 0 Å². The van der Waals surface area contributed by atoms with Crippen molar-refractivity contribution in [3.63, 3.8) is 0 Å². The van der Waals surface area contributed by atoms with Crippen molar-refractivity contribution in [2.45, 2.75) is 29.0 Å². The Kier molecular flexibility index (Phi) is 5.55. The third-order valence-corrected chi connectivity index (χ3v) is 5.75. The summed E-state index contributed by atoms with van der Waals surface area (Å²) in [4.78, 5) is 0. The molecule has 0 aliphatic heterocycles. The van der Waals surface area contributed by atoms with Gasteiger partial charge in [-0.2, -0.15) is 39.5 Å². The van der Waals surface area contributed by atoms with E-state index in [1.165, 1.54) is 0 Å². The van der Waals surface area contributed by atoms with Crippen LogP contribution >= 0.6 is 0 Å². The van der Waals surface area contributed by atoms with Gasteiger partial charge in [-0.3, -0.25) is 0 Å². The van der Waals surface area contributed by atoms with Gasteiger partial charge in [0.25, 0.3) is 0 Å². The minimum absolute atomic E-state index is 3.93. The first-order valence-corrected chi connectivity index (χ1v) is 7.42. The molecular weight excluding hydrogens is 430 g/mol. The predicted molar refractivity (Wildman–Crippen MR) is 47.7 cm³/mol. The van der Waals surface area contributed by atoms with Crippen LogP contribution in [-0.4, -0.2) is 49.8 Å². The summed E-state index contributed by atoms with van der Waals surface area (Å²) in [5.41, 5.74) is 0. The molecule has 0 N–H and O–H groups in total. The maximum absolute atomic E-state index is 12.9. The van der Waals surface area contributed by atoms with Crippen LogP contribution in [0.4, 0.5) is 52.8 Å². The molecule has 0 rings (SSSR count). The first-order valence-electron chi connectivity index (χ1n) is 4.54. The van der Waals surface area contributed by atoms with Crippen LogP contribution in [0.5, 0.6) is 0 Å². The highest BCUT2D eigenvalue weighted by molar-refractivity contribution is 8.04. The van der Waals surface area contributed by atoms with Crippen LogP contribution < -0.4 is 0 Å². The second-order valence-corrected chi connectivity index (χ2v) is 7.42. The normalized spacial score (nSPS) is 16.1. The predicted octanol–water partition coefficient (Wildman–Crippen LogP) is 2.48. The summed E-state index contributed by atoms with van der Waals surface area (Å²) in [6.45, 7) is 0. The van der Waals surface area contributed by atoms with Gasteiger partial charge in [0.1, 0.15) is 0 Å². The molecular formula is C5HF12NO4S2. The van der Waals surface area contributed by atoms with E-state index in [9.17, 15) is 69.6 Å². The smallest absolute Gasteiger partial charge is 0.203 e. The maximum Gasteiger partial charge on any atom is 0.471 e. The van der Waals surface area contributed by atoms with E-state index in [-0.39, 0.29) is 0 Å². The van der Waals surface area contributed by atoms with E-state index in [0.717, 1.165) is 0 Å². The molecule has 0 heterocycles. The van der Waals surface area contributed by atoms with E-state index >= 15 is 0 Å². The fraction of sp³-hybridized carbons (Fsp3) is 1.00. The van der Waals surface area contributed by atoms with Gasteiger partial charge in [-0.05, 0) is 0 Å². The topological polar surface area (TPSA) is 71.5 Å². The van der Waals surface area contributed by atoms with Gasteiger partial charge < -0.3 is 0 Å². The molecule has 0 fully saturated rings. The minimum atomic E-state index is -8.31. The molecule has 0 aliphatic rings. The summed E-state index contributed by atoms with van der Waals surface area (Å²) in [5, 5.41) is -14.8. The lowest BCUT2D eigenvalue weighted by Gasteiger charge is -2.28. The van der Waals surface area contributed by atoms with Crippen LogP contribution in [0.25, 0.3) is 0 Å². The van der Waals surface area contributed by atoms with E-state index in [1.54, 1.807) is 0 Å². The van der Waals surface area contributed by atoms with Crippen molar-refractivity contribution in [3.05, 3.63) is 0 Å². The van der Waals surface area contributed by atoms with Crippen molar-refractivity contribution in [2.24, 2.45) is 0 Å². The summed E-state index contributed by atoms with van der Waals surface area (Å²) in [5.74, 6) is -7.04. The van der Waals surface area contributed by atoms with Gasteiger partial charge in [-0.1, -0.05) is 0 Å². The quantitative estimate of drug-likeness (QED) is 0.479. The van der Waals surface area contributed by atoms with Crippen molar-refractivity contribution >= 4 is 20.0 Å². The van der Waals surface area contributed by atoms with E-state index in [4.69, 9.17) is 0 Å². The molecule has 0 atom stereocenters. The zero-order chi connectivity index (χ0) is 20.2. The monoisotopic (exact) mass is 431 g/mol. The van der Waals surface area contributed by atoms with Gasteiger partial charge >= 0.3 is 49.1 Å². The highest BCUT2D eigenvalue weighted by Crippen LogP contribution is 2.48. The number of hydrogen-bond acceptors (Lipinski definition) is 4. The van der Waals surface area contributed by atoms with Crippen molar-refractivity contribution in [1.82, 2.24) is 3.93 Å². The Morgan fingerprint density at radius 1 is 0.667 bits per heavy atom. The van der Waals surface area contributed by atoms with Gasteiger partial charge in [0.15, 0.2) is 0 Å². The van der Waals surface area contributed by atoms with Crippen LogP contribution in [-0.2, 0) is 20.0 Å². The summed E-state index contributed by atoms with van der Waals surface area (Å²) in [6, 6.07) is 0. The fourth-order valence-corrected chi connectivity index (χ4v) is 3.44. The molecule has 146 valence electrons. The average Bonchev–Trinajstić information content (AvgIpc) is 2.35. The second-order valence-electron chi connectivity index (χ2n) is 3.62. The van der Waals surface area contributed by atoms with Crippen LogP contribution in [0, 0.1) is 0 Å². The fourth-order valence-electron chi connectivity index (χ4n) is 0.755. The molecule has 0 bridgehead atoms. The average molecular weight is 431 g/mol. The Morgan fingerprint density at radius 3 is 1.21 bits per heavy atom. The van der Waals surface area contributed by atoms with Gasteiger partial charge in [0.2, 0.25) is 0 Å². The maximum atomic E-state index is 12.9. The Balaban J connectivity index is 6.38. The molecule has 0 amide bonds. The van der Waals surface area contributed by atoms with E-state index in [0.29, 0.717) is 0 Å². The zero-order valence-electron chi connectivity index (χ0n) is 10.0. The highest BCUT2D eigenvalue weighted by Gasteiger charge is 2.78. The third kappa shape index (κ3) is 3.00. The largest absolute Gasteiger partial charge is 0.471 e. The second kappa shape index (κ2) is 5.78. The summed E-state index contributed by atoms with van der Waals surface area (Å²) >= 11 is 0. The molecule has 0 aliphatic carbocycles. The Morgan fingerprint density at radius 2 is 0.958 bits per heavy atom. The molecule has 0 radical (unpaired) electrons. The van der Waals surface area contributed by atoms with Crippen LogP contribution in [0.15, 0.2) is 0 Å². The van der Waals surface area contributed by atoms with Crippen LogP contribution in [0.3, 0.4) is 0 Å². The first kappa shape index (κ1) is 23.0. The molecule has 0 unspecified atom stereocenters. The third-order valence-electron chi connectivity index (χ3n) is 2.02. The SMILES string of the molecule is O=S(=O)(N(F)S(=O)(=O)C(F)(F)C(F)(F)C(F)F)C(F)(F)C(F)(F)F. The number of alkyl halides is 11. The van der Waals surface area contributed by atoms with E-state index < -0.39 is 53.0 Å². The van der Waals surface area contributed by atoms with Gasteiger partial charge in [-0.15, -0.1) is 4.48 Å². The highest BCUT2D eigenvalue weighted by atomic mass is 32.3. The number of sulfonamides is 2. The lowest BCUT2D eigenvalue weighted by Crippen LogP contribution is -2.59. The molecule has 0 spiro atoms. The lowest BCUT2D eigenvalue weighted by molar-refractivity contribution is -0.243. The number of rotatable bonds is 6. The van der Waals surface area contributed by atoms with Crippen molar-refractivity contribution in [3.8, 4) is 0 Å². The number of nitrogens with zero attached hydrogens (tertiary/aromatic N) is 1. The van der Waals surface area contributed by atoms with Crippen LogP contribution in [0.2, 0.25) is 0 Å². The van der Waals surface area contributed by atoms with Gasteiger partial charge in [0, 0.05) is 0 Å². The van der Waals surface area contributed by atoms with Gasteiger partial charge in [-0.25, -0.2) is 25.6 Å². The molecule has 0 aromatic heterocycles. The Labute approximate surface area is 123 Å². The first-order chi connectivity index (χ1) is 10.1. The van der Waals surface area contributed by atoms with E-state index in [1.807, 2.05) is 0 Å². The molecule has 19 heteroatoms. The van der Waals surface area contributed by atoms with Gasteiger partial charge in [0.05, 0.1) is 3.93 Å². The van der Waals surface area contributed by atoms with Crippen molar-refractivity contribution < 1.29 is 69.6 Å². The zero-order valence-corrected chi connectivity index (χ0v) is 11.6. The molecule has 24 heavy (non-hydrogen) atoms. The number of hydrogen-bond donors (Lipinski definition) is 0. The van der Waals surface area contributed by atoms with Crippen molar-refractivity contribution in [1.29, 1.82) is 0 Å². The molecule has 5 nitrogen and oxygen atoms in total. The number of halogens is 12. The Bertz CT molecular complexity index is 679. The Hall–Kier alpha value is -0.980. The van der Waals surface area contributed by atoms with Crippen LogP contribution in [0.1, 0.15) is 0 Å². The lowest BCUT2D eigenvalue weighted by atomic mass is 10.4. The summed E-state index contributed by atoms with van der Waals surface area (Å²) in [7, 11) is -16.6. The molecule has 0 saturated carbocycles. The molecule has 0 aromatic carbocycles. The van der Waals surface area contributed by atoms with Crippen molar-refractivity contribution in [2.75, 3.05) is 0 Å². The molecule has 0 saturated heterocycles. The summed E-state index contributed by atoms with van der Waals surface area (Å²) in [6.07, 6.45) is -12.9. The molecule has 0 aromatic rings. The standard InChI is InChI=1S/C5HF12NO4S2/c6-1(7)2(8,9)4(13,14)23(19,20)18(17)24(21,22)5(15,16)3(10,11)12/h1H. The minimum Gasteiger partial charge on any atom is -0.203 e.